The van der Waals surface area contributed by atoms with E-state index >= 15 is 0 Å². The van der Waals surface area contributed by atoms with Gasteiger partial charge in [-0.15, -0.1) is 0 Å². The van der Waals surface area contributed by atoms with Gasteiger partial charge in [-0.3, -0.25) is 9.78 Å². The van der Waals surface area contributed by atoms with E-state index in [1.807, 2.05) is 30.3 Å². The Morgan fingerprint density at radius 3 is 2.50 bits per heavy atom. The smallest absolute Gasteiger partial charge is 0.274 e. The molecule has 1 aliphatic rings. The lowest BCUT2D eigenvalue weighted by Gasteiger charge is -2.37. The van der Waals surface area contributed by atoms with Crippen LogP contribution in [-0.4, -0.2) is 33.9 Å². The van der Waals surface area contributed by atoms with Gasteiger partial charge in [0.25, 0.3) is 5.91 Å². The van der Waals surface area contributed by atoms with Gasteiger partial charge in [0.2, 0.25) is 0 Å². The first-order chi connectivity index (χ1) is 10.7. The summed E-state index contributed by atoms with van der Waals surface area (Å²) in [5, 5.41) is 9.66. The van der Waals surface area contributed by atoms with Gasteiger partial charge in [0, 0.05) is 25.5 Å². The number of nitrogens with zero attached hydrogens (tertiary/aromatic N) is 4. The summed E-state index contributed by atoms with van der Waals surface area (Å²) in [6.45, 7) is 1.11. The highest BCUT2D eigenvalue weighted by molar-refractivity contribution is 5.92. The summed E-state index contributed by atoms with van der Waals surface area (Å²) in [6.07, 6.45) is 5.81. The average Bonchev–Trinajstić information content (AvgIpc) is 2.63. The Hall–Kier alpha value is -2.74. The van der Waals surface area contributed by atoms with Crippen molar-refractivity contribution in [3.63, 3.8) is 0 Å². The van der Waals surface area contributed by atoms with Gasteiger partial charge in [-0.1, -0.05) is 30.3 Å². The van der Waals surface area contributed by atoms with Gasteiger partial charge in [0.1, 0.15) is 5.69 Å². The van der Waals surface area contributed by atoms with E-state index in [-0.39, 0.29) is 5.91 Å². The van der Waals surface area contributed by atoms with Crippen molar-refractivity contribution in [2.45, 2.75) is 18.3 Å². The minimum absolute atomic E-state index is 0.118. The summed E-state index contributed by atoms with van der Waals surface area (Å²) in [5.41, 5.74) is 0.885. The quantitative estimate of drug-likeness (QED) is 0.850. The van der Waals surface area contributed by atoms with Gasteiger partial charge in [-0.2, -0.15) is 5.26 Å². The number of benzene rings is 1. The van der Waals surface area contributed by atoms with E-state index in [9.17, 15) is 10.1 Å². The van der Waals surface area contributed by atoms with Crippen molar-refractivity contribution in [2.75, 3.05) is 13.1 Å². The fraction of sp³-hybridized carbons (Fsp3) is 0.294. The van der Waals surface area contributed by atoms with Crippen molar-refractivity contribution in [3.05, 3.63) is 60.2 Å². The third kappa shape index (κ3) is 2.56. The summed E-state index contributed by atoms with van der Waals surface area (Å²) >= 11 is 0. The van der Waals surface area contributed by atoms with Crippen molar-refractivity contribution in [2.24, 2.45) is 0 Å². The van der Waals surface area contributed by atoms with Crippen LogP contribution in [0.1, 0.15) is 28.9 Å². The van der Waals surface area contributed by atoms with Crippen LogP contribution in [-0.2, 0) is 5.41 Å². The number of likely N-dealkylation sites (tertiary alicyclic amines) is 1. The van der Waals surface area contributed by atoms with E-state index in [0.717, 1.165) is 5.56 Å². The second-order valence-corrected chi connectivity index (χ2v) is 5.44. The summed E-state index contributed by atoms with van der Waals surface area (Å²) in [7, 11) is 0. The zero-order chi connectivity index (χ0) is 15.4. The van der Waals surface area contributed by atoms with Crippen molar-refractivity contribution >= 4 is 5.91 Å². The van der Waals surface area contributed by atoms with E-state index in [1.54, 1.807) is 11.1 Å². The lowest BCUT2D eigenvalue weighted by Crippen LogP contribution is -2.44. The van der Waals surface area contributed by atoms with Gasteiger partial charge in [0.05, 0.1) is 17.7 Å². The number of amides is 1. The highest BCUT2D eigenvalue weighted by Crippen LogP contribution is 2.35. The number of carbonyl (C=O) groups is 1. The van der Waals surface area contributed by atoms with Crippen molar-refractivity contribution in [1.82, 2.24) is 14.9 Å². The van der Waals surface area contributed by atoms with Crippen LogP contribution >= 0.6 is 0 Å². The third-order valence-electron chi connectivity index (χ3n) is 4.23. The molecular weight excluding hydrogens is 276 g/mol. The molecule has 0 saturated carbocycles. The third-order valence-corrected chi connectivity index (χ3v) is 4.23. The van der Waals surface area contributed by atoms with E-state index in [1.165, 1.54) is 12.4 Å². The molecule has 2 heterocycles. The zero-order valence-electron chi connectivity index (χ0n) is 12.1. The van der Waals surface area contributed by atoms with Crippen LogP contribution in [0.2, 0.25) is 0 Å². The van der Waals surface area contributed by atoms with E-state index in [2.05, 4.69) is 16.0 Å². The van der Waals surface area contributed by atoms with Gasteiger partial charge < -0.3 is 4.90 Å². The Morgan fingerprint density at radius 1 is 1.18 bits per heavy atom. The van der Waals surface area contributed by atoms with Crippen LogP contribution in [0.15, 0.2) is 48.9 Å². The second-order valence-electron chi connectivity index (χ2n) is 5.44. The molecule has 1 amide bonds. The average molecular weight is 292 g/mol. The Bertz CT molecular complexity index is 686. The molecule has 0 bridgehead atoms. The highest BCUT2D eigenvalue weighted by Gasteiger charge is 2.37. The molecular formula is C17H16N4O. The standard InChI is InChI=1S/C17H16N4O/c18-13-17(14-4-2-1-3-5-14)6-10-21(11-7-17)16(22)15-12-19-8-9-20-15/h1-5,8-9,12H,6-7,10-11H2. The SMILES string of the molecule is N#CC1(c2ccccc2)CCN(C(=O)c2cnccn2)CC1. The van der Waals surface area contributed by atoms with Crippen LogP contribution in [0.25, 0.3) is 0 Å². The molecule has 0 unspecified atom stereocenters. The maximum absolute atomic E-state index is 12.4. The summed E-state index contributed by atoms with van der Waals surface area (Å²) in [5.74, 6) is -0.118. The van der Waals surface area contributed by atoms with Crippen molar-refractivity contribution in [3.8, 4) is 6.07 Å². The van der Waals surface area contributed by atoms with E-state index < -0.39 is 5.41 Å². The molecule has 5 heteroatoms. The molecule has 5 nitrogen and oxygen atoms in total. The van der Waals surface area contributed by atoms with Gasteiger partial charge in [-0.25, -0.2) is 4.98 Å². The molecule has 1 aromatic carbocycles. The van der Waals surface area contributed by atoms with E-state index in [4.69, 9.17) is 0 Å². The van der Waals surface area contributed by atoms with Crippen LogP contribution in [0.5, 0.6) is 0 Å². The minimum atomic E-state index is -0.500. The number of rotatable bonds is 2. The van der Waals surface area contributed by atoms with Crippen LogP contribution < -0.4 is 0 Å². The van der Waals surface area contributed by atoms with Gasteiger partial charge >= 0.3 is 0 Å². The molecule has 0 spiro atoms. The molecule has 110 valence electrons. The maximum Gasteiger partial charge on any atom is 0.274 e. The molecule has 3 rings (SSSR count). The van der Waals surface area contributed by atoms with Crippen LogP contribution in [0.4, 0.5) is 0 Å². The number of piperidine rings is 1. The zero-order valence-corrected chi connectivity index (χ0v) is 12.1. The minimum Gasteiger partial charge on any atom is -0.337 e. The molecule has 0 radical (unpaired) electrons. The molecule has 22 heavy (non-hydrogen) atoms. The first kappa shape index (κ1) is 14.2. The van der Waals surface area contributed by atoms with E-state index in [0.29, 0.717) is 31.6 Å². The highest BCUT2D eigenvalue weighted by atomic mass is 16.2. The normalized spacial score (nSPS) is 16.8. The summed E-state index contributed by atoms with van der Waals surface area (Å²) in [6, 6.07) is 12.3. The topological polar surface area (TPSA) is 69.9 Å². The van der Waals surface area contributed by atoms with Gasteiger partial charge in [0.15, 0.2) is 0 Å². The Morgan fingerprint density at radius 2 is 1.91 bits per heavy atom. The second kappa shape index (κ2) is 5.94. The number of hydrogen-bond donors (Lipinski definition) is 0. The largest absolute Gasteiger partial charge is 0.337 e. The lowest BCUT2D eigenvalue weighted by atomic mass is 9.74. The monoisotopic (exact) mass is 292 g/mol. The molecule has 0 atom stereocenters. The summed E-state index contributed by atoms with van der Waals surface area (Å²) in [4.78, 5) is 22.1. The van der Waals surface area contributed by atoms with Crippen LogP contribution in [0.3, 0.4) is 0 Å². The molecule has 0 N–H and O–H groups in total. The van der Waals surface area contributed by atoms with Crippen molar-refractivity contribution in [1.29, 1.82) is 5.26 Å². The predicted octanol–water partition coefficient (Wildman–Crippen LogP) is 2.17. The number of carbonyl (C=O) groups excluding carboxylic acids is 1. The Kier molecular flexibility index (Phi) is 3.84. The Balaban J connectivity index is 1.75. The lowest BCUT2D eigenvalue weighted by molar-refractivity contribution is 0.0685. The first-order valence-corrected chi connectivity index (χ1v) is 7.27. The van der Waals surface area contributed by atoms with Gasteiger partial charge in [-0.05, 0) is 18.4 Å². The predicted molar refractivity (Wildman–Crippen MR) is 80.9 cm³/mol. The molecule has 1 fully saturated rings. The number of nitriles is 1. The molecule has 1 aliphatic heterocycles. The molecule has 2 aromatic rings. The first-order valence-electron chi connectivity index (χ1n) is 7.27. The Labute approximate surface area is 129 Å². The molecule has 1 saturated heterocycles. The number of aromatic nitrogens is 2. The fourth-order valence-electron chi connectivity index (χ4n) is 2.89. The molecule has 0 aliphatic carbocycles. The maximum atomic E-state index is 12.4. The number of hydrogen-bond acceptors (Lipinski definition) is 4. The summed E-state index contributed by atoms with van der Waals surface area (Å²) < 4.78 is 0. The van der Waals surface area contributed by atoms with Crippen LogP contribution in [0, 0.1) is 11.3 Å². The van der Waals surface area contributed by atoms with Crippen molar-refractivity contribution < 1.29 is 4.79 Å². The fourth-order valence-corrected chi connectivity index (χ4v) is 2.89. The molecule has 1 aromatic heterocycles.